The maximum atomic E-state index is 3.80. The Morgan fingerprint density at radius 2 is 1.55 bits per heavy atom. The van der Waals surface area contributed by atoms with Crippen LogP contribution < -0.4 is 0 Å². The lowest BCUT2D eigenvalue weighted by Gasteiger charge is -2.39. The van der Waals surface area contributed by atoms with E-state index >= 15 is 0 Å². The molecule has 0 N–H and O–H groups in total. The molecule has 1 heteroatoms. The zero-order chi connectivity index (χ0) is 9.12. The number of alkyl halides is 1. The highest BCUT2D eigenvalue weighted by atomic mass is 79.9. The number of rotatable bonds is 4. The van der Waals surface area contributed by atoms with Gasteiger partial charge in [0.25, 0.3) is 0 Å². The second-order valence-electron chi connectivity index (χ2n) is 4.18. The first-order valence-electron chi connectivity index (χ1n) is 4.56. The Kier molecular flexibility index (Phi) is 4.10. The average Bonchev–Trinajstić information content (AvgIpc) is 1.87. The predicted molar refractivity (Wildman–Crippen MR) is 56.3 cm³/mol. The van der Waals surface area contributed by atoms with Gasteiger partial charge in [-0.05, 0) is 25.2 Å². The van der Waals surface area contributed by atoms with Crippen LogP contribution in [0.2, 0.25) is 0 Å². The van der Waals surface area contributed by atoms with Gasteiger partial charge in [-0.25, -0.2) is 0 Å². The summed E-state index contributed by atoms with van der Waals surface area (Å²) in [6.45, 7) is 11.5. The summed E-state index contributed by atoms with van der Waals surface area (Å²) < 4.78 is 0.302. The highest BCUT2D eigenvalue weighted by molar-refractivity contribution is 9.10. The first-order valence-corrected chi connectivity index (χ1v) is 5.35. The molecule has 1 unspecified atom stereocenters. The van der Waals surface area contributed by atoms with E-state index in [1.54, 1.807) is 0 Å². The van der Waals surface area contributed by atoms with Crippen LogP contribution in [0.1, 0.15) is 53.9 Å². The third-order valence-electron chi connectivity index (χ3n) is 2.95. The molecule has 0 saturated heterocycles. The summed E-state index contributed by atoms with van der Waals surface area (Å²) in [5.41, 5.74) is 0.413. The highest BCUT2D eigenvalue weighted by Gasteiger charge is 2.35. The van der Waals surface area contributed by atoms with Crippen molar-refractivity contribution in [3.05, 3.63) is 0 Å². The van der Waals surface area contributed by atoms with E-state index < -0.39 is 0 Å². The SMILES string of the molecule is CCCC(C)(C)C(C)(Br)CC. The molecule has 0 aromatic rings. The molecule has 0 aliphatic heterocycles. The van der Waals surface area contributed by atoms with E-state index in [-0.39, 0.29) is 0 Å². The minimum Gasteiger partial charge on any atom is -0.0851 e. The van der Waals surface area contributed by atoms with Crippen LogP contribution in [0.5, 0.6) is 0 Å². The molecule has 0 aromatic carbocycles. The maximum Gasteiger partial charge on any atom is 0.0278 e. The molecule has 0 bridgehead atoms. The van der Waals surface area contributed by atoms with E-state index in [2.05, 4.69) is 50.5 Å². The molecule has 68 valence electrons. The van der Waals surface area contributed by atoms with Crippen LogP contribution in [-0.2, 0) is 0 Å². The summed E-state index contributed by atoms with van der Waals surface area (Å²) in [4.78, 5) is 0. The van der Waals surface area contributed by atoms with Gasteiger partial charge in [0.1, 0.15) is 0 Å². The fourth-order valence-electron chi connectivity index (χ4n) is 1.36. The molecule has 0 fully saturated rings. The fraction of sp³-hybridized carbons (Fsp3) is 1.00. The normalized spacial score (nSPS) is 18.0. The average molecular weight is 221 g/mol. The van der Waals surface area contributed by atoms with Crippen molar-refractivity contribution >= 4 is 15.9 Å². The van der Waals surface area contributed by atoms with Crippen molar-refractivity contribution in [3.63, 3.8) is 0 Å². The summed E-state index contributed by atoms with van der Waals surface area (Å²) in [6, 6.07) is 0. The van der Waals surface area contributed by atoms with E-state index in [1.165, 1.54) is 19.3 Å². The summed E-state index contributed by atoms with van der Waals surface area (Å²) in [5, 5.41) is 0. The van der Waals surface area contributed by atoms with Gasteiger partial charge in [0.05, 0.1) is 0 Å². The highest BCUT2D eigenvalue weighted by Crippen LogP contribution is 2.43. The Balaban J connectivity index is 4.26. The van der Waals surface area contributed by atoms with Gasteiger partial charge in [-0.2, -0.15) is 0 Å². The molecule has 1 atom stereocenters. The van der Waals surface area contributed by atoms with Gasteiger partial charge in [0.2, 0.25) is 0 Å². The van der Waals surface area contributed by atoms with Crippen LogP contribution in [0.25, 0.3) is 0 Å². The van der Waals surface area contributed by atoms with Crippen LogP contribution >= 0.6 is 15.9 Å². The minimum absolute atomic E-state index is 0.302. The Hall–Kier alpha value is 0.480. The number of hydrogen-bond acceptors (Lipinski definition) is 0. The molecule has 0 radical (unpaired) electrons. The van der Waals surface area contributed by atoms with Crippen LogP contribution in [0.4, 0.5) is 0 Å². The predicted octanol–water partition coefficient (Wildman–Crippen LogP) is 4.38. The van der Waals surface area contributed by atoms with Crippen LogP contribution in [0, 0.1) is 5.41 Å². The first kappa shape index (κ1) is 11.5. The van der Waals surface area contributed by atoms with E-state index in [9.17, 15) is 0 Å². The van der Waals surface area contributed by atoms with Crippen molar-refractivity contribution in [1.29, 1.82) is 0 Å². The lowest BCUT2D eigenvalue weighted by atomic mass is 9.75. The second-order valence-corrected chi connectivity index (χ2v) is 5.94. The Morgan fingerprint density at radius 3 is 1.82 bits per heavy atom. The standard InChI is InChI=1S/C10H21Br/c1-6-8-9(3,4)10(5,11)7-2/h6-8H2,1-5H3. The van der Waals surface area contributed by atoms with Crippen molar-refractivity contribution in [1.82, 2.24) is 0 Å². The summed E-state index contributed by atoms with van der Waals surface area (Å²) >= 11 is 3.80. The van der Waals surface area contributed by atoms with E-state index in [1.807, 2.05) is 0 Å². The van der Waals surface area contributed by atoms with Gasteiger partial charge < -0.3 is 0 Å². The van der Waals surface area contributed by atoms with E-state index in [0.717, 1.165) is 0 Å². The molecule has 0 saturated carbocycles. The van der Waals surface area contributed by atoms with Crippen LogP contribution in [-0.4, -0.2) is 4.32 Å². The van der Waals surface area contributed by atoms with Gasteiger partial charge in [-0.1, -0.05) is 50.0 Å². The topological polar surface area (TPSA) is 0 Å². The van der Waals surface area contributed by atoms with E-state index in [4.69, 9.17) is 0 Å². The molecular weight excluding hydrogens is 200 g/mol. The Bertz CT molecular complexity index is 114. The molecule has 0 nitrogen and oxygen atoms in total. The molecule has 0 heterocycles. The molecule has 0 aromatic heterocycles. The Morgan fingerprint density at radius 1 is 1.09 bits per heavy atom. The number of halogens is 1. The monoisotopic (exact) mass is 220 g/mol. The Labute approximate surface area is 79.9 Å². The van der Waals surface area contributed by atoms with Crippen LogP contribution in [0.3, 0.4) is 0 Å². The van der Waals surface area contributed by atoms with Gasteiger partial charge in [0, 0.05) is 4.32 Å². The van der Waals surface area contributed by atoms with Crippen molar-refractivity contribution in [2.45, 2.75) is 58.2 Å². The molecular formula is C10H21Br. The molecule has 0 spiro atoms. The van der Waals surface area contributed by atoms with Crippen molar-refractivity contribution < 1.29 is 0 Å². The lowest BCUT2D eigenvalue weighted by Crippen LogP contribution is -2.35. The van der Waals surface area contributed by atoms with Crippen molar-refractivity contribution in [2.75, 3.05) is 0 Å². The first-order chi connectivity index (χ1) is 4.87. The zero-order valence-corrected chi connectivity index (χ0v) is 10.1. The zero-order valence-electron chi connectivity index (χ0n) is 8.50. The van der Waals surface area contributed by atoms with Crippen molar-refractivity contribution in [3.8, 4) is 0 Å². The van der Waals surface area contributed by atoms with Gasteiger partial charge in [-0.3, -0.25) is 0 Å². The van der Waals surface area contributed by atoms with Gasteiger partial charge in [-0.15, -0.1) is 0 Å². The fourth-order valence-corrected chi connectivity index (χ4v) is 1.56. The summed E-state index contributed by atoms with van der Waals surface area (Å²) in [5.74, 6) is 0. The van der Waals surface area contributed by atoms with E-state index in [0.29, 0.717) is 9.74 Å². The van der Waals surface area contributed by atoms with Crippen LogP contribution in [0.15, 0.2) is 0 Å². The molecule has 0 rings (SSSR count). The maximum absolute atomic E-state index is 3.80. The summed E-state index contributed by atoms with van der Waals surface area (Å²) in [7, 11) is 0. The quantitative estimate of drug-likeness (QED) is 0.618. The second kappa shape index (κ2) is 3.93. The van der Waals surface area contributed by atoms with Gasteiger partial charge in [0.15, 0.2) is 0 Å². The van der Waals surface area contributed by atoms with Gasteiger partial charge >= 0.3 is 0 Å². The number of hydrogen-bond donors (Lipinski definition) is 0. The smallest absolute Gasteiger partial charge is 0.0278 e. The lowest BCUT2D eigenvalue weighted by molar-refractivity contribution is 0.243. The third kappa shape index (κ3) is 2.77. The summed E-state index contributed by atoms with van der Waals surface area (Å²) in [6.07, 6.45) is 3.76. The molecule has 11 heavy (non-hydrogen) atoms. The molecule has 0 aliphatic rings. The molecule has 0 amide bonds. The third-order valence-corrected chi connectivity index (χ3v) is 4.58. The largest absolute Gasteiger partial charge is 0.0851 e. The molecule has 0 aliphatic carbocycles. The minimum atomic E-state index is 0.302. The van der Waals surface area contributed by atoms with Crippen molar-refractivity contribution in [2.24, 2.45) is 5.41 Å².